The third-order valence-corrected chi connectivity index (χ3v) is 3.31. The summed E-state index contributed by atoms with van der Waals surface area (Å²) in [5.74, 6) is -1.44. The second-order valence-corrected chi connectivity index (χ2v) is 5.06. The monoisotopic (exact) mass is 264 g/mol. The Kier molecular flexibility index (Phi) is 4.67. The first kappa shape index (κ1) is 15.2. The van der Waals surface area contributed by atoms with Crippen LogP contribution in [0.15, 0.2) is 30.3 Å². The second kappa shape index (κ2) is 5.84. The van der Waals surface area contributed by atoms with E-state index >= 15 is 0 Å². The van der Waals surface area contributed by atoms with E-state index in [0.29, 0.717) is 6.42 Å². The lowest BCUT2D eigenvalue weighted by Gasteiger charge is -2.33. The molecule has 1 unspecified atom stereocenters. The first-order valence-electron chi connectivity index (χ1n) is 6.07. The van der Waals surface area contributed by atoms with Gasteiger partial charge < -0.3 is 15.7 Å². The smallest absolute Gasteiger partial charge is 0.329 e. The molecular weight excluding hydrogens is 244 g/mol. The van der Waals surface area contributed by atoms with Crippen LogP contribution in [0.4, 0.5) is 0 Å². The number of hydrogen-bond donors (Lipinski definition) is 2. The van der Waals surface area contributed by atoms with Gasteiger partial charge >= 0.3 is 5.97 Å². The molecule has 5 nitrogen and oxygen atoms in total. The number of aliphatic carboxylic acids is 1. The van der Waals surface area contributed by atoms with Crippen molar-refractivity contribution in [2.45, 2.75) is 31.8 Å². The summed E-state index contributed by atoms with van der Waals surface area (Å²) < 4.78 is 0. The van der Waals surface area contributed by atoms with E-state index in [0.717, 1.165) is 5.56 Å². The minimum Gasteiger partial charge on any atom is -0.480 e. The number of hydrogen-bond acceptors (Lipinski definition) is 3. The van der Waals surface area contributed by atoms with Gasteiger partial charge in [-0.1, -0.05) is 30.3 Å². The summed E-state index contributed by atoms with van der Waals surface area (Å²) >= 11 is 0. The molecule has 0 saturated carbocycles. The summed E-state index contributed by atoms with van der Waals surface area (Å²) in [6.45, 7) is 2.95. The molecule has 0 saturated heterocycles. The highest BCUT2D eigenvalue weighted by Crippen LogP contribution is 2.14. The maximum absolute atomic E-state index is 12.1. The van der Waals surface area contributed by atoms with Gasteiger partial charge in [0.05, 0.1) is 6.04 Å². The maximum atomic E-state index is 12.1. The fourth-order valence-corrected chi connectivity index (χ4v) is 1.62. The van der Waals surface area contributed by atoms with Crippen molar-refractivity contribution in [3.63, 3.8) is 0 Å². The first-order valence-corrected chi connectivity index (χ1v) is 6.07. The molecule has 0 radical (unpaired) electrons. The van der Waals surface area contributed by atoms with Crippen LogP contribution in [-0.4, -0.2) is 40.5 Å². The lowest BCUT2D eigenvalue weighted by Crippen LogP contribution is -2.55. The third-order valence-electron chi connectivity index (χ3n) is 3.31. The summed E-state index contributed by atoms with van der Waals surface area (Å²) in [6, 6.07) is 8.65. The summed E-state index contributed by atoms with van der Waals surface area (Å²) in [7, 11) is 1.46. The van der Waals surface area contributed by atoms with E-state index in [-0.39, 0.29) is 5.91 Å². The van der Waals surface area contributed by atoms with Crippen molar-refractivity contribution in [1.29, 1.82) is 0 Å². The van der Waals surface area contributed by atoms with E-state index in [1.807, 2.05) is 30.3 Å². The van der Waals surface area contributed by atoms with Gasteiger partial charge in [-0.3, -0.25) is 4.79 Å². The summed E-state index contributed by atoms with van der Waals surface area (Å²) in [6.07, 6.45) is 0.389. The maximum Gasteiger partial charge on any atom is 0.329 e. The number of carbonyl (C=O) groups excluding carboxylic acids is 1. The zero-order chi connectivity index (χ0) is 14.6. The van der Waals surface area contributed by atoms with Gasteiger partial charge in [0, 0.05) is 7.05 Å². The number of amides is 1. The minimum atomic E-state index is -1.27. The van der Waals surface area contributed by atoms with Crippen molar-refractivity contribution in [3.8, 4) is 0 Å². The molecular formula is C14H20N2O3. The molecule has 0 aromatic heterocycles. The van der Waals surface area contributed by atoms with Gasteiger partial charge in [0.1, 0.15) is 5.54 Å². The van der Waals surface area contributed by atoms with E-state index in [1.165, 1.54) is 25.8 Å². The fourth-order valence-electron chi connectivity index (χ4n) is 1.62. The predicted octanol–water partition coefficient (Wildman–Crippen LogP) is 0.878. The number of rotatable bonds is 5. The highest BCUT2D eigenvalue weighted by Gasteiger charge is 2.36. The Morgan fingerprint density at radius 2 is 1.84 bits per heavy atom. The Morgan fingerprint density at radius 3 is 2.32 bits per heavy atom. The Bertz CT molecular complexity index is 457. The molecule has 0 spiro atoms. The lowest BCUT2D eigenvalue weighted by molar-refractivity contribution is -0.155. The molecule has 5 heteroatoms. The second-order valence-electron chi connectivity index (χ2n) is 5.06. The van der Waals surface area contributed by atoms with Gasteiger partial charge in [0.2, 0.25) is 5.91 Å². The van der Waals surface area contributed by atoms with Gasteiger partial charge in [-0.25, -0.2) is 4.79 Å². The van der Waals surface area contributed by atoms with Crippen LogP contribution in [-0.2, 0) is 16.0 Å². The minimum absolute atomic E-state index is 0.378. The molecule has 0 fully saturated rings. The predicted molar refractivity (Wildman–Crippen MR) is 72.6 cm³/mol. The van der Waals surface area contributed by atoms with Gasteiger partial charge in [0.25, 0.3) is 0 Å². The third kappa shape index (κ3) is 3.54. The van der Waals surface area contributed by atoms with Crippen LogP contribution in [0.3, 0.4) is 0 Å². The number of carboxylic acids is 1. The molecule has 0 bridgehead atoms. The Morgan fingerprint density at radius 1 is 1.32 bits per heavy atom. The molecule has 1 rings (SSSR count). The molecule has 104 valence electrons. The molecule has 1 aromatic rings. The highest BCUT2D eigenvalue weighted by molar-refractivity contribution is 5.88. The van der Waals surface area contributed by atoms with Crippen LogP contribution in [0, 0.1) is 0 Å². The Labute approximate surface area is 113 Å². The van der Waals surface area contributed by atoms with E-state index < -0.39 is 17.6 Å². The van der Waals surface area contributed by atoms with Crippen LogP contribution in [0.25, 0.3) is 0 Å². The number of likely N-dealkylation sites (N-methyl/N-ethyl adjacent to an activating group) is 1. The molecule has 0 aliphatic rings. The van der Waals surface area contributed by atoms with Gasteiger partial charge in [-0.15, -0.1) is 0 Å². The van der Waals surface area contributed by atoms with Crippen LogP contribution in [0.2, 0.25) is 0 Å². The van der Waals surface area contributed by atoms with E-state index in [1.54, 1.807) is 0 Å². The fraction of sp³-hybridized carbons (Fsp3) is 0.429. The summed E-state index contributed by atoms with van der Waals surface area (Å²) in [5, 5.41) is 9.10. The van der Waals surface area contributed by atoms with Crippen LogP contribution in [0.1, 0.15) is 19.4 Å². The van der Waals surface area contributed by atoms with Crippen LogP contribution in [0.5, 0.6) is 0 Å². The molecule has 0 aliphatic carbocycles. The molecule has 3 N–H and O–H groups in total. The van der Waals surface area contributed by atoms with Crippen molar-refractivity contribution in [1.82, 2.24) is 4.90 Å². The van der Waals surface area contributed by atoms with Crippen molar-refractivity contribution < 1.29 is 14.7 Å². The highest BCUT2D eigenvalue weighted by atomic mass is 16.4. The normalized spacial score (nSPS) is 12.8. The zero-order valence-electron chi connectivity index (χ0n) is 11.5. The SMILES string of the molecule is CN(C(=O)C(N)Cc1ccccc1)C(C)(C)C(=O)O. The molecule has 0 aliphatic heterocycles. The molecule has 0 heterocycles. The number of carbonyl (C=O) groups is 2. The molecule has 1 amide bonds. The average molecular weight is 264 g/mol. The largest absolute Gasteiger partial charge is 0.480 e. The van der Waals surface area contributed by atoms with Crippen molar-refractivity contribution in [2.75, 3.05) is 7.05 Å². The summed E-state index contributed by atoms with van der Waals surface area (Å²) in [5.41, 5.74) is 5.54. The first-order chi connectivity index (χ1) is 8.76. The van der Waals surface area contributed by atoms with E-state index in [9.17, 15) is 9.59 Å². The standard InChI is InChI=1S/C14H20N2O3/c1-14(2,13(18)19)16(3)12(17)11(15)9-10-7-5-4-6-8-10/h4-8,11H,9,15H2,1-3H3,(H,18,19). The van der Waals surface area contributed by atoms with Crippen molar-refractivity contribution in [2.24, 2.45) is 5.73 Å². The van der Waals surface area contributed by atoms with Crippen molar-refractivity contribution >= 4 is 11.9 Å². The Hall–Kier alpha value is -1.88. The quantitative estimate of drug-likeness (QED) is 0.827. The lowest BCUT2D eigenvalue weighted by atomic mass is 10.0. The van der Waals surface area contributed by atoms with Crippen LogP contribution < -0.4 is 5.73 Å². The summed E-state index contributed by atoms with van der Waals surface area (Å²) in [4.78, 5) is 24.4. The van der Waals surface area contributed by atoms with Crippen LogP contribution >= 0.6 is 0 Å². The van der Waals surface area contributed by atoms with Gasteiger partial charge in [0.15, 0.2) is 0 Å². The molecule has 1 atom stereocenters. The number of benzene rings is 1. The average Bonchev–Trinajstić information content (AvgIpc) is 2.37. The number of carboxylic acid groups (broad SMARTS) is 1. The molecule has 19 heavy (non-hydrogen) atoms. The zero-order valence-corrected chi connectivity index (χ0v) is 11.5. The van der Waals surface area contributed by atoms with Gasteiger partial charge in [-0.2, -0.15) is 0 Å². The van der Waals surface area contributed by atoms with E-state index in [2.05, 4.69) is 0 Å². The number of nitrogens with two attached hydrogens (primary N) is 1. The number of nitrogens with zero attached hydrogens (tertiary/aromatic N) is 1. The van der Waals surface area contributed by atoms with E-state index in [4.69, 9.17) is 10.8 Å². The van der Waals surface area contributed by atoms with Gasteiger partial charge in [-0.05, 0) is 25.8 Å². The molecule has 1 aromatic carbocycles. The topological polar surface area (TPSA) is 83.6 Å². The van der Waals surface area contributed by atoms with Crippen molar-refractivity contribution in [3.05, 3.63) is 35.9 Å². The Balaban J connectivity index is 2.75.